The largest absolute Gasteiger partial charge is 0.390 e. The average molecular weight is 163 g/mol. The second kappa shape index (κ2) is 2.58. The SMILES string of the molecule is CC(F)(F)c1cc(CO)no1. The molecule has 1 heterocycles. The van der Waals surface area contributed by atoms with E-state index in [-0.39, 0.29) is 12.3 Å². The van der Waals surface area contributed by atoms with E-state index >= 15 is 0 Å². The third-order valence-corrected chi connectivity index (χ3v) is 1.15. The summed E-state index contributed by atoms with van der Waals surface area (Å²) in [5.41, 5.74) is 0.113. The third kappa shape index (κ3) is 1.74. The van der Waals surface area contributed by atoms with Gasteiger partial charge in [0.2, 0.25) is 5.76 Å². The van der Waals surface area contributed by atoms with E-state index in [9.17, 15) is 8.78 Å². The molecule has 1 aromatic heterocycles. The molecule has 0 unspecified atom stereocenters. The standard InChI is InChI=1S/C6H7F2NO2/c1-6(7,8)5-2-4(3-10)9-11-5/h2,10H,3H2,1H3. The molecule has 0 aliphatic rings. The number of aliphatic hydroxyl groups is 1. The van der Waals surface area contributed by atoms with Crippen LogP contribution in [0.4, 0.5) is 8.78 Å². The van der Waals surface area contributed by atoms with Crippen molar-refractivity contribution in [1.82, 2.24) is 5.16 Å². The number of aromatic nitrogens is 1. The number of aliphatic hydroxyl groups excluding tert-OH is 1. The van der Waals surface area contributed by atoms with E-state index < -0.39 is 11.7 Å². The van der Waals surface area contributed by atoms with Gasteiger partial charge in [-0.2, -0.15) is 8.78 Å². The molecule has 3 nitrogen and oxygen atoms in total. The van der Waals surface area contributed by atoms with Crippen molar-refractivity contribution in [3.05, 3.63) is 17.5 Å². The molecule has 0 saturated carbocycles. The van der Waals surface area contributed by atoms with Crippen LogP contribution in [0.3, 0.4) is 0 Å². The summed E-state index contributed by atoms with van der Waals surface area (Å²) in [5.74, 6) is -3.55. The first-order valence-electron chi connectivity index (χ1n) is 2.99. The number of hydrogen-bond acceptors (Lipinski definition) is 3. The Hall–Kier alpha value is -0.970. The highest BCUT2D eigenvalue weighted by molar-refractivity contribution is 5.08. The summed E-state index contributed by atoms with van der Waals surface area (Å²) in [4.78, 5) is 0. The Balaban J connectivity index is 2.89. The lowest BCUT2D eigenvalue weighted by atomic mass is 10.3. The molecule has 1 N–H and O–H groups in total. The van der Waals surface area contributed by atoms with Crippen molar-refractivity contribution in [1.29, 1.82) is 0 Å². The first kappa shape index (κ1) is 8.13. The predicted molar refractivity (Wildman–Crippen MR) is 32.0 cm³/mol. The van der Waals surface area contributed by atoms with Crippen LogP contribution >= 0.6 is 0 Å². The zero-order valence-corrected chi connectivity index (χ0v) is 5.84. The minimum Gasteiger partial charge on any atom is -0.390 e. The fourth-order valence-electron chi connectivity index (χ4n) is 0.593. The third-order valence-electron chi connectivity index (χ3n) is 1.15. The van der Waals surface area contributed by atoms with Crippen LogP contribution in [-0.4, -0.2) is 10.3 Å². The summed E-state index contributed by atoms with van der Waals surface area (Å²) in [6.45, 7) is 0.314. The van der Waals surface area contributed by atoms with Crippen LogP contribution in [0.2, 0.25) is 0 Å². The van der Waals surface area contributed by atoms with E-state index in [4.69, 9.17) is 5.11 Å². The van der Waals surface area contributed by atoms with Crippen LogP contribution in [0.15, 0.2) is 10.6 Å². The topological polar surface area (TPSA) is 46.3 Å². The van der Waals surface area contributed by atoms with Gasteiger partial charge >= 0.3 is 5.92 Å². The highest BCUT2D eigenvalue weighted by Gasteiger charge is 2.29. The second-order valence-corrected chi connectivity index (χ2v) is 2.23. The molecular weight excluding hydrogens is 156 g/mol. The summed E-state index contributed by atoms with van der Waals surface area (Å²) in [7, 11) is 0. The van der Waals surface area contributed by atoms with Gasteiger partial charge < -0.3 is 9.63 Å². The van der Waals surface area contributed by atoms with Gasteiger partial charge in [0.05, 0.1) is 6.61 Å². The molecule has 1 aromatic rings. The Morgan fingerprint density at radius 1 is 1.73 bits per heavy atom. The fourth-order valence-corrected chi connectivity index (χ4v) is 0.593. The van der Waals surface area contributed by atoms with Crippen molar-refractivity contribution in [2.75, 3.05) is 0 Å². The van der Waals surface area contributed by atoms with Crippen LogP contribution < -0.4 is 0 Å². The highest BCUT2D eigenvalue weighted by Crippen LogP contribution is 2.26. The Kier molecular flexibility index (Phi) is 1.90. The van der Waals surface area contributed by atoms with E-state index in [1.54, 1.807) is 0 Å². The molecule has 0 saturated heterocycles. The smallest absolute Gasteiger partial charge is 0.304 e. The lowest BCUT2D eigenvalue weighted by Crippen LogP contribution is -2.04. The van der Waals surface area contributed by atoms with Crippen molar-refractivity contribution < 1.29 is 18.4 Å². The molecule has 0 aliphatic carbocycles. The quantitative estimate of drug-likeness (QED) is 0.714. The first-order valence-corrected chi connectivity index (χ1v) is 2.99. The second-order valence-electron chi connectivity index (χ2n) is 2.23. The number of nitrogens with zero attached hydrogens (tertiary/aromatic N) is 1. The van der Waals surface area contributed by atoms with Gasteiger partial charge in [0.1, 0.15) is 5.69 Å². The molecule has 62 valence electrons. The maximum atomic E-state index is 12.4. The molecule has 0 spiro atoms. The van der Waals surface area contributed by atoms with E-state index in [1.165, 1.54) is 0 Å². The van der Waals surface area contributed by atoms with Gasteiger partial charge in [-0.05, 0) is 0 Å². The lowest BCUT2D eigenvalue weighted by Gasteiger charge is -2.02. The average Bonchev–Trinajstić information content (AvgIpc) is 2.32. The van der Waals surface area contributed by atoms with E-state index in [2.05, 4.69) is 9.68 Å². The minimum absolute atomic E-state index is 0.113. The summed E-state index contributed by atoms with van der Waals surface area (Å²) in [6.07, 6.45) is 0. The highest BCUT2D eigenvalue weighted by atomic mass is 19.3. The first-order chi connectivity index (χ1) is 5.04. The van der Waals surface area contributed by atoms with Gasteiger partial charge in [-0.15, -0.1) is 0 Å². The molecule has 0 aliphatic heterocycles. The Morgan fingerprint density at radius 2 is 2.36 bits per heavy atom. The normalized spacial score (nSPS) is 12.0. The number of alkyl halides is 2. The van der Waals surface area contributed by atoms with Gasteiger partial charge in [0.25, 0.3) is 0 Å². The zero-order valence-electron chi connectivity index (χ0n) is 5.84. The molecule has 0 bridgehead atoms. The van der Waals surface area contributed by atoms with Crippen molar-refractivity contribution in [3.63, 3.8) is 0 Å². The molecule has 0 fully saturated rings. The van der Waals surface area contributed by atoms with E-state index in [0.29, 0.717) is 6.92 Å². The monoisotopic (exact) mass is 163 g/mol. The number of hydrogen-bond donors (Lipinski definition) is 1. The summed E-state index contributed by atoms with van der Waals surface area (Å²) >= 11 is 0. The van der Waals surface area contributed by atoms with Crippen molar-refractivity contribution in [2.45, 2.75) is 19.5 Å². The molecule has 0 atom stereocenters. The van der Waals surface area contributed by atoms with Crippen LogP contribution in [0.5, 0.6) is 0 Å². The molecule has 5 heteroatoms. The van der Waals surface area contributed by atoms with E-state index in [1.807, 2.05) is 0 Å². The molecule has 0 aromatic carbocycles. The molecular formula is C6H7F2NO2. The maximum Gasteiger partial charge on any atom is 0.304 e. The van der Waals surface area contributed by atoms with Crippen LogP contribution in [0, 0.1) is 0 Å². The number of halogens is 2. The van der Waals surface area contributed by atoms with Crippen LogP contribution in [0.1, 0.15) is 18.4 Å². The molecule has 11 heavy (non-hydrogen) atoms. The molecule has 0 amide bonds. The van der Waals surface area contributed by atoms with Gasteiger partial charge in [0.15, 0.2) is 0 Å². The minimum atomic E-state index is -3.03. The van der Waals surface area contributed by atoms with Crippen LogP contribution in [0.25, 0.3) is 0 Å². The van der Waals surface area contributed by atoms with Crippen LogP contribution in [-0.2, 0) is 12.5 Å². The van der Waals surface area contributed by atoms with Gasteiger partial charge in [-0.3, -0.25) is 0 Å². The molecule has 1 rings (SSSR count). The zero-order chi connectivity index (χ0) is 8.48. The maximum absolute atomic E-state index is 12.4. The molecule has 0 radical (unpaired) electrons. The number of rotatable bonds is 2. The van der Waals surface area contributed by atoms with Gasteiger partial charge in [-0.25, -0.2) is 0 Å². The summed E-state index contributed by atoms with van der Waals surface area (Å²) in [6, 6.07) is 1.03. The van der Waals surface area contributed by atoms with Gasteiger partial charge in [-0.1, -0.05) is 5.16 Å². The van der Waals surface area contributed by atoms with Crippen molar-refractivity contribution in [3.8, 4) is 0 Å². The van der Waals surface area contributed by atoms with Gasteiger partial charge in [0, 0.05) is 13.0 Å². The van der Waals surface area contributed by atoms with E-state index in [0.717, 1.165) is 6.07 Å². The predicted octanol–water partition coefficient (Wildman–Crippen LogP) is 1.28. The Labute approximate surface area is 61.6 Å². The fraction of sp³-hybridized carbons (Fsp3) is 0.500. The Bertz CT molecular complexity index is 241. The summed E-state index contributed by atoms with van der Waals surface area (Å²) < 4.78 is 29.0. The lowest BCUT2D eigenvalue weighted by molar-refractivity contribution is -0.0106. The Morgan fingerprint density at radius 3 is 2.64 bits per heavy atom. The van der Waals surface area contributed by atoms with Crippen molar-refractivity contribution in [2.24, 2.45) is 0 Å². The summed E-state index contributed by atoms with van der Waals surface area (Å²) in [5, 5.41) is 11.6. The van der Waals surface area contributed by atoms with Crippen molar-refractivity contribution >= 4 is 0 Å².